The molecule has 0 aromatic carbocycles. The molecule has 0 saturated heterocycles. The largest absolute Gasteiger partial charge is 0.396 e. The highest BCUT2D eigenvalue weighted by Gasteiger charge is 2.41. The molecule has 0 radical (unpaired) electrons. The summed E-state index contributed by atoms with van der Waals surface area (Å²) in [5, 5.41) is 12.7. The molecule has 1 fully saturated rings. The Kier molecular flexibility index (Phi) is 3.09. The molecule has 1 atom stereocenters. The number of thiazole rings is 1. The Balaban J connectivity index is 1.88. The summed E-state index contributed by atoms with van der Waals surface area (Å²) in [6.45, 7) is 5.44. The Hall–Kier alpha value is -0.450. The normalized spacial score (nSPS) is 20.2. The quantitative estimate of drug-likeness (QED) is 0.805. The highest BCUT2D eigenvalue weighted by Crippen LogP contribution is 2.44. The number of nitrogens with one attached hydrogen (secondary N) is 1. The Labute approximate surface area is 94.5 Å². The van der Waals surface area contributed by atoms with E-state index < -0.39 is 0 Å². The highest BCUT2D eigenvalue weighted by molar-refractivity contribution is 7.09. The van der Waals surface area contributed by atoms with E-state index in [-0.39, 0.29) is 5.41 Å². The molecule has 84 valence electrons. The van der Waals surface area contributed by atoms with Crippen molar-refractivity contribution in [2.45, 2.75) is 32.7 Å². The van der Waals surface area contributed by atoms with Gasteiger partial charge in [0.25, 0.3) is 0 Å². The van der Waals surface area contributed by atoms with Gasteiger partial charge in [-0.25, -0.2) is 4.98 Å². The third-order valence-corrected chi connectivity index (χ3v) is 4.37. The van der Waals surface area contributed by atoms with Gasteiger partial charge in [0.1, 0.15) is 0 Å². The van der Waals surface area contributed by atoms with Gasteiger partial charge >= 0.3 is 0 Å². The van der Waals surface area contributed by atoms with Crippen molar-refractivity contribution in [1.29, 1.82) is 0 Å². The maximum Gasteiger partial charge on any atom is 0.0798 e. The lowest BCUT2D eigenvalue weighted by Crippen LogP contribution is -2.28. The van der Waals surface area contributed by atoms with E-state index in [2.05, 4.69) is 17.2 Å². The van der Waals surface area contributed by atoms with Gasteiger partial charge in [0.15, 0.2) is 0 Å². The van der Waals surface area contributed by atoms with Crippen LogP contribution in [0.15, 0.2) is 5.51 Å². The van der Waals surface area contributed by atoms with Crippen LogP contribution in [-0.2, 0) is 0 Å². The van der Waals surface area contributed by atoms with Crippen molar-refractivity contribution in [2.24, 2.45) is 5.41 Å². The summed E-state index contributed by atoms with van der Waals surface area (Å²) >= 11 is 1.70. The number of aryl methyl sites for hydroxylation is 1. The summed E-state index contributed by atoms with van der Waals surface area (Å²) in [6, 6.07) is 0.349. The first-order valence-corrected chi connectivity index (χ1v) is 6.29. The van der Waals surface area contributed by atoms with Crippen molar-refractivity contribution in [2.75, 3.05) is 13.2 Å². The summed E-state index contributed by atoms with van der Waals surface area (Å²) in [5.74, 6) is 0. The average Bonchev–Trinajstić information content (AvgIpc) is 2.91. The van der Waals surface area contributed by atoms with Gasteiger partial charge in [-0.3, -0.25) is 0 Å². The topological polar surface area (TPSA) is 45.2 Å². The van der Waals surface area contributed by atoms with Crippen LogP contribution in [0, 0.1) is 12.3 Å². The van der Waals surface area contributed by atoms with Crippen LogP contribution in [0.2, 0.25) is 0 Å². The number of rotatable bonds is 5. The second-order valence-electron chi connectivity index (χ2n) is 4.56. The van der Waals surface area contributed by atoms with E-state index in [1.807, 2.05) is 12.4 Å². The third kappa shape index (κ3) is 2.38. The number of hydrogen-bond acceptors (Lipinski definition) is 4. The SMILES string of the molecule is Cc1ncsc1C(C)NCC1(CO)CC1. The fourth-order valence-corrected chi connectivity index (χ4v) is 2.59. The lowest BCUT2D eigenvalue weighted by atomic mass is 10.1. The van der Waals surface area contributed by atoms with Gasteiger partial charge in [-0.05, 0) is 26.7 Å². The van der Waals surface area contributed by atoms with Crippen LogP contribution < -0.4 is 5.32 Å². The van der Waals surface area contributed by atoms with Crippen LogP contribution in [0.1, 0.15) is 36.4 Å². The summed E-state index contributed by atoms with van der Waals surface area (Å²) < 4.78 is 0. The fourth-order valence-electron chi connectivity index (χ4n) is 1.76. The van der Waals surface area contributed by atoms with Crippen LogP contribution >= 0.6 is 11.3 Å². The van der Waals surface area contributed by atoms with Crippen molar-refractivity contribution in [3.8, 4) is 0 Å². The Morgan fingerprint density at radius 3 is 2.87 bits per heavy atom. The predicted molar refractivity (Wildman–Crippen MR) is 62.0 cm³/mol. The number of nitrogens with zero attached hydrogens (tertiary/aromatic N) is 1. The highest BCUT2D eigenvalue weighted by atomic mass is 32.1. The first-order chi connectivity index (χ1) is 7.17. The summed E-state index contributed by atoms with van der Waals surface area (Å²) in [5.41, 5.74) is 3.20. The number of aliphatic hydroxyl groups is 1. The molecule has 4 heteroatoms. The minimum absolute atomic E-state index is 0.187. The van der Waals surface area contributed by atoms with E-state index >= 15 is 0 Å². The van der Waals surface area contributed by atoms with Gasteiger partial charge in [0.2, 0.25) is 0 Å². The first-order valence-electron chi connectivity index (χ1n) is 5.41. The number of aromatic nitrogens is 1. The van der Waals surface area contributed by atoms with E-state index in [1.165, 1.54) is 4.88 Å². The second-order valence-corrected chi connectivity index (χ2v) is 5.45. The monoisotopic (exact) mass is 226 g/mol. The molecule has 1 aliphatic rings. The Morgan fingerprint density at radius 1 is 1.67 bits per heavy atom. The van der Waals surface area contributed by atoms with Crippen molar-refractivity contribution in [1.82, 2.24) is 10.3 Å². The second kappa shape index (κ2) is 4.20. The Bertz CT molecular complexity index is 333. The molecule has 1 unspecified atom stereocenters. The molecule has 1 aromatic rings. The number of aliphatic hydroxyl groups excluding tert-OH is 1. The van der Waals surface area contributed by atoms with Crippen molar-refractivity contribution in [3.05, 3.63) is 16.1 Å². The van der Waals surface area contributed by atoms with Gasteiger partial charge < -0.3 is 10.4 Å². The van der Waals surface area contributed by atoms with Gasteiger partial charge in [0.05, 0.1) is 11.2 Å². The van der Waals surface area contributed by atoms with Crippen LogP contribution in [0.3, 0.4) is 0 Å². The van der Waals surface area contributed by atoms with Crippen molar-refractivity contribution >= 4 is 11.3 Å². The zero-order valence-corrected chi connectivity index (χ0v) is 10.1. The lowest BCUT2D eigenvalue weighted by molar-refractivity contribution is 0.205. The molecule has 0 amide bonds. The summed E-state index contributed by atoms with van der Waals surface area (Å²) in [6.07, 6.45) is 2.32. The van der Waals surface area contributed by atoms with Gasteiger partial charge in [-0.1, -0.05) is 0 Å². The van der Waals surface area contributed by atoms with E-state index in [9.17, 15) is 5.11 Å². The molecule has 1 saturated carbocycles. The van der Waals surface area contributed by atoms with E-state index in [1.54, 1.807) is 11.3 Å². The molecule has 1 aromatic heterocycles. The smallest absolute Gasteiger partial charge is 0.0798 e. The van der Waals surface area contributed by atoms with Crippen LogP contribution in [0.5, 0.6) is 0 Å². The lowest BCUT2D eigenvalue weighted by Gasteiger charge is -2.17. The molecule has 2 rings (SSSR count). The molecule has 3 nitrogen and oxygen atoms in total. The maximum atomic E-state index is 9.20. The first kappa shape index (κ1) is 11.0. The van der Waals surface area contributed by atoms with Crippen LogP contribution in [-0.4, -0.2) is 23.2 Å². The third-order valence-electron chi connectivity index (χ3n) is 3.25. The minimum atomic E-state index is 0.187. The molecule has 0 spiro atoms. The summed E-state index contributed by atoms with van der Waals surface area (Å²) in [7, 11) is 0. The molecule has 15 heavy (non-hydrogen) atoms. The van der Waals surface area contributed by atoms with Gasteiger partial charge in [-0.15, -0.1) is 11.3 Å². The zero-order chi connectivity index (χ0) is 10.9. The van der Waals surface area contributed by atoms with Gasteiger partial charge in [-0.2, -0.15) is 0 Å². The zero-order valence-electron chi connectivity index (χ0n) is 9.29. The molecule has 1 heterocycles. The molecule has 2 N–H and O–H groups in total. The van der Waals surface area contributed by atoms with E-state index in [0.29, 0.717) is 12.6 Å². The van der Waals surface area contributed by atoms with Crippen molar-refractivity contribution < 1.29 is 5.11 Å². The molecule has 0 aliphatic heterocycles. The van der Waals surface area contributed by atoms with Crippen LogP contribution in [0.25, 0.3) is 0 Å². The minimum Gasteiger partial charge on any atom is -0.396 e. The fraction of sp³-hybridized carbons (Fsp3) is 0.727. The Morgan fingerprint density at radius 2 is 2.40 bits per heavy atom. The van der Waals surface area contributed by atoms with Gasteiger partial charge in [0, 0.05) is 29.5 Å². The average molecular weight is 226 g/mol. The standard InChI is InChI=1S/C11H18N2OS/c1-8(10-9(2)13-7-15-10)12-5-11(6-14)3-4-11/h7-8,12,14H,3-6H2,1-2H3. The van der Waals surface area contributed by atoms with E-state index in [4.69, 9.17) is 0 Å². The predicted octanol–water partition coefficient (Wildman–Crippen LogP) is 1.87. The van der Waals surface area contributed by atoms with E-state index in [0.717, 1.165) is 25.1 Å². The molecular formula is C11H18N2OS. The molecule has 1 aliphatic carbocycles. The van der Waals surface area contributed by atoms with Crippen LogP contribution in [0.4, 0.5) is 0 Å². The number of hydrogen-bond donors (Lipinski definition) is 2. The maximum absolute atomic E-state index is 9.20. The van der Waals surface area contributed by atoms with Crippen molar-refractivity contribution in [3.63, 3.8) is 0 Å². The molecule has 0 bridgehead atoms. The molecular weight excluding hydrogens is 208 g/mol. The summed E-state index contributed by atoms with van der Waals surface area (Å²) in [4.78, 5) is 5.56.